The first-order valence-electron chi connectivity index (χ1n) is 7.27. The number of carbonyl (C=O) groups excluding carboxylic acids is 1. The summed E-state index contributed by atoms with van der Waals surface area (Å²) in [6.07, 6.45) is 4.26. The van der Waals surface area contributed by atoms with Gasteiger partial charge in [0.1, 0.15) is 5.54 Å². The largest absolute Gasteiger partial charge is 0.353 e. The van der Waals surface area contributed by atoms with E-state index < -0.39 is 0 Å². The zero-order valence-electron chi connectivity index (χ0n) is 12.0. The Hall–Kier alpha value is -1.51. The SMILES string of the molecule is Cc1cccc2c1N(C(C)C)C1(CCCC1)C(=O)N2. The van der Waals surface area contributed by atoms with Gasteiger partial charge in [0.05, 0.1) is 11.4 Å². The third kappa shape index (κ3) is 1.67. The third-order valence-corrected chi connectivity index (χ3v) is 4.56. The van der Waals surface area contributed by atoms with Gasteiger partial charge in [0.2, 0.25) is 5.91 Å². The van der Waals surface area contributed by atoms with Gasteiger partial charge in [0.25, 0.3) is 0 Å². The van der Waals surface area contributed by atoms with Crippen molar-refractivity contribution in [1.82, 2.24) is 0 Å². The molecule has 0 saturated heterocycles. The predicted molar refractivity (Wildman–Crippen MR) is 78.6 cm³/mol. The molecule has 1 saturated carbocycles. The van der Waals surface area contributed by atoms with Gasteiger partial charge in [-0.05, 0) is 45.2 Å². The van der Waals surface area contributed by atoms with Crippen LogP contribution in [-0.2, 0) is 4.79 Å². The normalized spacial score (nSPS) is 20.8. The number of fused-ring (bicyclic) bond motifs is 1. The molecule has 1 aliphatic heterocycles. The average Bonchev–Trinajstić information content (AvgIpc) is 2.82. The van der Waals surface area contributed by atoms with Gasteiger partial charge in [-0.2, -0.15) is 0 Å². The molecule has 1 amide bonds. The third-order valence-electron chi connectivity index (χ3n) is 4.56. The first-order valence-corrected chi connectivity index (χ1v) is 7.27. The van der Waals surface area contributed by atoms with Gasteiger partial charge in [0.15, 0.2) is 0 Å². The van der Waals surface area contributed by atoms with Crippen LogP contribution < -0.4 is 10.2 Å². The molecule has 0 atom stereocenters. The van der Waals surface area contributed by atoms with E-state index in [-0.39, 0.29) is 11.4 Å². The first kappa shape index (κ1) is 12.5. The molecular formula is C16H22N2O. The van der Waals surface area contributed by atoms with Gasteiger partial charge in [-0.3, -0.25) is 4.79 Å². The smallest absolute Gasteiger partial charge is 0.250 e. The van der Waals surface area contributed by atoms with Crippen molar-refractivity contribution in [3.05, 3.63) is 23.8 Å². The van der Waals surface area contributed by atoms with E-state index in [2.05, 4.69) is 37.1 Å². The van der Waals surface area contributed by atoms with Gasteiger partial charge in [0, 0.05) is 6.04 Å². The number of anilines is 2. The molecule has 3 rings (SSSR count). The van der Waals surface area contributed by atoms with E-state index in [1.54, 1.807) is 0 Å². The number of rotatable bonds is 1. The summed E-state index contributed by atoms with van der Waals surface area (Å²) in [5.41, 5.74) is 3.13. The number of benzene rings is 1. The number of carbonyl (C=O) groups is 1. The molecular weight excluding hydrogens is 236 g/mol. The van der Waals surface area contributed by atoms with Crippen LogP contribution in [-0.4, -0.2) is 17.5 Å². The summed E-state index contributed by atoms with van der Waals surface area (Å²) < 4.78 is 0. The Balaban J connectivity index is 2.20. The van der Waals surface area contributed by atoms with Crippen molar-refractivity contribution in [2.24, 2.45) is 0 Å². The topological polar surface area (TPSA) is 32.3 Å². The molecule has 19 heavy (non-hydrogen) atoms. The summed E-state index contributed by atoms with van der Waals surface area (Å²) in [5.74, 6) is 0.191. The van der Waals surface area contributed by atoms with Crippen molar-refractivity contribution < 1.29 is 4.79 Å². The lowest BCUT2D eigenvalue weighted by molar-refractivity contribution is -0.121. The minimum Gasteiger partial charge on any atom is -0.353 e. The van der Waals surface area contributed by atoms with Crippen molar-refractivity contribution in [3.8, 4) is 0 Å². The monoisotopic (exact) mass is 258 g/mol. The number of para-hydroxylation sites is 1. The molecule has 1 aliphatic carbocycles. The highest BCUT2D eigenvalue weighted by molar-refractivity contribution is 6.07. The van der Waals surface area contributed by atoms with Crippen LogP contribution in [0.2, 0.25) is 0 Å². The molecule has 3 nitrogen and oxygen atoms in total. The number of nitrogens with one attached hydrogen (secondary N) is 1. The minimum atomic E-state index is -0.312. The van der Waals surface area contributed by atoms with E-state index in [4.69, 9.17) is 0 Å². The zero-order chi connectivity index (χ0) is 13.6. The number of hydrogen-bond acceptors (Lipinski definition) is 2. The fourth-order valence-electron chi connectivity index (χ4n) is 3.82. The molecule has 1 fully saturated rings. The maximum absolute atomic E-state index is 12.7. The highest BCUT2D eigenvalue weighted by Gasteiger charge is 2.50. The Labute approximate surface area is 115 Å². The second-order valence-electron chi connectivity index (χ2n) is 6.13. The van der Waals surface area contributed by atoms with E-state index in [1.807, 2.05) is 12.1 Å². The quantitative estimate of drug-likeness (QED) is 0.836. The Morgan fingerprint density at radius 2 is 1.95 bits per heavy atom. The van der Waals surface area contributed by atoms with Crippen LogP contribution in [0.25, 0.3) is 0 Å². The van der Waals surface area contributed by atoms with Gasteiger partial charge < -0.3 is 10.2 Å². The lowest BCUT2D eigenvalue weighted by Crippen LogP contribution is -2.61. The summed E-state index contributed by atoms with van der Waals surface area (Å²) in [4.78, 5) is 15.0. The second-order valence-corrected chi connectivity index (χ2v) is 6.13. The van der Waals surface area contributed by atoms with Crippen molar-refractivity contribution in [1.29, 1.82) is 0 Å². The summed E-state index contributed by atoms with van der Waals surface area (Å²) in [7, 11) is 0. The van der Waals surface area contributed by atoms with E-state index in [9.17, 15) is 4.79 Å². The molecule has 2 aliphatic rings. The zero-order valence-corrected chi connectivity index (χ0v) is 12.0. The van der Waals surface area contributed by atoms with Crippen LogP contribution in [0.1, 0.15) is 45.1 Å². The fourth-order valence-corrected chi connectivity index (χ4v) is 3.82. The lowest BCUT2D eigenvalue weighted by Gasteiger charge is -2.49. The molecule has 0 aromatic heterocycles. The summed E-state index contributed by atoms with van der Waals surface area (Å²) in [5, 5.41) is 3.14. The number of amides is 1. The van der Waals surface area contributed by atoms with Crippen molar-refractivity contribution in [3.63, 3.8) is 0 Å². The van der Waals surface area contributed by atoms with E-state index >= 15 is 0 Å². The van der Waals surface area contributed by atoms with Crippen LogP contribution in [0.4, 0.5) is 11.4 Å². The standard InChI is InChI=1S/C16H22N2O/c1-11(2)18-14-12(3)7-6-8-13(14)17-15(19)16(18)9-4-5-10-16/h6-8,11H,4-5,9-10H2,1-3H3,(H,17,19). The maximum atomic E-state index is 12.7. The van der Waals surface area contributed by atoms with E-state index in [0.29, 0.717) is 6.04 Å². The summed E-state index contributed by atoms with van der Waals surface area (Å²) >= 11 is 0. The highest BCUT2D eigenvalue weighted by atomic mass is 16.2. The van der Waals surface area contributed by atoms with Crippen LogP contribution in [0.3, 0.4) is 0 Å². The number of nitrogens with zero attached hydrogens (tertiary/aromatic N) is 1. The van der Waals surface area contributed by atoms with E-state index in [0.717, 1.165) is 31.4 Å². The molecule has 102 valence electrons. The average molecular weight is 258 g/mol. The molecule has 3 heteroatoms. The Morgan fingerprint density at radius 1 is 1.26 bits per heavy atom. The van der Waals surface area contributed by atoms with Crippen LogP contribution in [0.5, 0.6) is 0 Å². The van der Waals surface area contributed by atoms with Crippen molar-refractivity contribution >= 4 is 17.3 Å². The predicted octanol–water partition coefficient (Wildman–Crippen LogP) is 3.47. The van der Waals surface area contributed by atoms with Gasteiger partial charge in [-0.25, -0.2) is 0 Å². The molecule has 1 spiro atoms. The first-order chi connectivity index (χ1) is 9.06. The number of aryl methyl sites for hydroxylation is 1. The molecule has 1 heterocycles. The van der Waals surface area contributed by atoms with Crippen LogP contribution in [0.15, 0.2) is 18.2 Å². The van der Waals surface area contributed by atoms with Crippen molar-refractivity contribution in [2.75, 3.05) is 10.2 Å². The van der Waals surface area contributed by atoms with Gasteiger partial charge >= 0.3 is 0 Å². The summed E-state index contributed by atoms with van der Waals surface area (Å²) in [6, 6.07) is 6.50. The number of hydrogen-bond donors (Lipinski definition) is 1. The Morgan fingerprint density at radius 3 is 2.58 bits per heavy atom. The molecule has 1 N–H and O–H groups in total. The minimum absolute atomic E-state index is 0.191. The second kappa shape index (κ2) is 4.26. The van der Waals surface area contributed by atoms with Gasteiger partial charge in [-0.1, -0.05) is 25.0 Å². The molecule has 1 aromatic rings. The summed E-state index contributed by atoms with van der Waals surface area (Å²) in [6.45, 7) is 6.51. The van der Waals surface area contributed by atoms with Crippen LogP contribution in [0, 0.1) is 6.92 Å². The van der Waals surface area contributed by atoms with Gasteiger partial charge in [-0.15, -0.1) is 0 Å². The molecule has 0 unspecified atom stereocenters. The fraction of sp³-hybridized carbons (Fsp3) is 0.562. The lowest BCUT2D eigenvalue weighted by atomic mass is 9.87. The van der Waals surface area contributed by atoms with E-state index in [1.165, 1.54) is 11.3 Å². The Bertz CT molecular complexity index is 515. The molecule has 1 aromatic carbocycles. The molecule has 0 bridgehead atoms. The highest BCUT2D eigenvalue weighted by Crippen LogP contribution is 2.47. The molecule has 0 radical (unpaired) electrons. The van der Waals surface area contributed by atoms with Crippen molar-refractivity contribution in [2.45, 2.75) is 58.0 Å². The Kier molecular flexibility index (Phi) is 2.80. The van der Waals surface area contributed by atoms with Crippen LogP contribution >= 0.6 is 0 Å². The maximum Gasteiger partial charge on any atom is 0.250 e.